The molecular weight excluding hydrogens is 357 g/mol. The van der Waals surface area contributed by atoms with E-state index in [0.29, 0.717) is 18.8 Å². The Morgan fingerprint density at radius 1 is 0.964 bits per heavy atom. The number of halogens is 1. The molecule has 28 heavy (non-hydrogen) atoms. The molecule has 0 fully saturated rings. The fourth-order valence-electron chi connectivity index (χ4n) is 2.57. The third-order valence-electron chi connectivity index (χ3n) is 4.17. The lowest BCUT2D eigenvalue weighted by atomic mass is 10.1. The Kier molecular flexibility index (Phi) is 6.16. The Balaban J connectivity index is 1.51. The molecule has 2 N–H and O–H groups in total. The highest BCUT2D eigenvalue weighted by atomic mass is 19.1. The Hall–Kier alpha value is -3.48. The quantitative estimate of drug-likeness (QED) is 0.658. The SMILES string of the molecule is CN(C)c1ccc(Nc2ccc(C(=O)NCCc3ccc(F)cc3)nn2)cc1. The first kappa shape index (κ1) is 19.3. The van der Waals surface area contributed by atoms with Crippen LogP contribution in [0.4, 0.5) is 21.6 Å². The summed E-state index contributed by atoms with van der Waals surface area (Å²) in [5, 5.41) is 14.0. The molecule has 0 spiro atoms. The van der Waals surface area contributed by atoms with Gasteiger partial charge in [0.25, 0.3) is 5.91 Å². The van der Waals surface area contributed by atoms with E-state index in [4.69, 9.17) is 0 Å². The minimum Gasteiger partial charge on any atom is -0.378 e. The summed E-state index contributed by atoms with van der Waals surface area (Å²) in [6.45, 7) is 0.435. The zero-order valence-corrected chi connectivity index (χ0v) is 15.8. The number of nitrogens with one attached hydrogen (secondary N) is 2. The van der Waals surface area contributed by atoms with Crippen molar-refractivity contribution in [3.8, 4) is 0 Å². The summed E-state index contributed by atoms with van der Waals surface area (Å²) in [5.74, 6) is -0.0117. The monoisotopic (exact) mass is 379 g/mol. The number of anilines is 3. The van der Waals surface area contributed by atoms with Gasteiger partial charge in [0.05, 0.1) is 0 Å². The molecule has 0 aliphatic carbocycles. The molecule has 1 amide bonds. The first-order chi connectivity index (χ1) is 13.5. The number of hydrogen-bond acceptors (Lipinski definition) is 5. The van der Waals surface area contributed by atoms with Gasteiger partial charge in [-0.25, -0.2) is 4.39 Å². The lowest BCUT2D eigenvalue weighted by molar-refractivity contribution is 0.0948. The van der Waals surface area contributed by atoms with Crippen LogP contribution in [0.5, 0.6) is 0 Å². The molecular formula is C21H22FN5O. The van der Waals surface area contributed by atoms with Gasteiger partial charge in [-0.1, -0.05) is 12.1 Å². The normalized spacial score (nSPS) is 10.4. The zero-order chi connectivity index (χ0) is 19.9. The van der Waals surface area contributed by atoms with Gasteiger partial charge in [-0.3, -0.25) is 4.79 Å². The largest absolute Gasteiger partial charge is 0.378 e. The molecule has 0 saturated carbocycles. The van der Waals surface area contributed by atoms with Crippen LogP contribution >= 0.6 is 0 Å². The summed E-state index contributed by atoms with van der Waals surface area (Å²) in [4.78, 5) is 14.2. The van der Waals surface area contributed by atoms with Gasteiger partial charge in [0.15, 0.2) is 11.5 Å². The molecule has 7 heteroatoms. The number of nitrogens with zero attached hydrogens (tertiary/aromatic N) is 3. The minimum atomic E-state index is -0.295. The predicted octanol–water partition coefficient (Wildman–Crippen LogP) is 3.40. The molecule has 0 aliphatic rings. The number of benzene rings is 2. The lowest BCUT2D eigenvalue weighted by Crippen LogP contribution is -2.26. The van der Waals surface area contributed by atoms with Crippen molar-refractivity contribution in [2.24, 2.45) is 0 Å². The number of amides is 1. The Morgan fingerprint density at radius 3 is 2.29 bits per heavy atom. The third-order valence-corrected chi connectivity index (χ3v) is 4.17. The summed E-state index contributed by atoms with van der Waals surface area (Å²) < 4.78 is 12.9. The molecule has 2 aromatic carbocycles. The fraction of sp³-hybridized carbons (Fsp3) is 0.190. The fourth-order valence-corrected chi connectivity index (χ4v) is 2.57. The lowest BCUT2D eigenvalue weighted by Gasteiger charge is -2.13. The van der Waals surface area contributed by atoms with Crippen LogP contribution in [0, 0.1) is 5.82 Å². The van der Waals surface area contributed by atoms with E-state index in [0.717, 1.165) is 16.9 Å². The van der Waals surface area contributed by atoms with Crippen molar-refractivity contribution < 1.29 is 9.18 Å². The number of carbonyl (C=O) groups is 1. The molecule has 3 rings (SSSR count). The molecule has 1 aromatic heterocycles. The molecule has 0 atom stereocenters. The van der Waals surface area contributed by atoms with Crippen molar-refractivity contribution in [1.29, 1.82) is 0 Å². The molecule has 0 radical (unpaired) electrons. The van der Waals surface area contributed by atoms with Crippen molar-refractivity contribution in [3.63, 3.8) is 0 Å². The van der Waals surface area contributed by atoms with Crippen molar-refractivity contribution in [2.45, 2.75) is 6.42 Å². The second-order valence-corrected chi connectivity index (χ2v) is 6.50. The Labute approximate surface area is 163 Å². The van der Waals surface area contributed by atoms with E-state index in [-0.39, 0.29) is 17.4 Å². The van der Waals surface area contributed by atoms with Gasteiger partial charge >= 0.3 is 0 Å². The highest BCUT2D eigenvalue weighted by Crippen LogP contribution is 2.18. The van der Waals surface area contributed by atoms with E-state index >= 15 is 0 Å². The summed E-state index contributed by atoms with van der Waals surface area (Å²) in [6.07, 6.45) is 0.613. The second kappa shape index (κ2) is 8.94. The van der Waals surface area contributed by atoms with Crippen LogP contribution in [-0.2, 0) is 6.42 Å². The van der Waals surface area contributed by atoms with Crippen LogP contribution in [0.3, 0.4) is 0 Å². The van der Waals surface area contributed by atoms with Crippen LogP contribution in [0.15, 0.2) is 60.7 Å². The topological polar surface area (TPSA) is 70.2 Å². The van der Waals surface area contributed by atoms with Gasteiger partial charge in [0.1, 0.15) is 5.82 Å². The maximum atomic E-state index is 12.9. The molecule has 144 valence electrons. The van der Waals surface area contributed by atoms with Crippen molar-refractivity contribution in [3.05, 3.63) is 77.7 Å². The maximum Gasteiger partial charge on any atom is 0.271 e. The molecule has 0 unspecified atom stereocenters. The summed E-state index contributed by atoms with van der Waals surface area (Å²) in [6, 6.07) is 17.4. The van der Waals surface area contributed by atoms with Gasteiger partial charge in [0.2, 0.25) is 0 Å². The van der Waals surface area contributed by atoms with E-state index in [1.807, 2.05) is 43.3 Å². The second-order valence-electron chi connectivity index (χ2n) is 6.50. The van der Waals surface area contributed by atoms with Gasteiger partial charge in [-0.15, -0.1) is 10.2 Å². The highest BCUT2D eigenvalue weighted by Gasteiger charge is 2.08. The van der Waals surface area contributed by atoms with Crippen LogP contribution in [0.25, 0.3) is 0 Å². The van der Waals surface area contributed by atoms with Crippen LogP contribution in [0.2, 0.25) is 0 Å². The van der Waals surface area contributed by atoms with Crippen molar-refractivity contribution >= 4 is 23.1 Å². The molecule has 0 aliphatic heterocycles. The third kappa shape index (κ3) is 5.26. The number of hydrogen-bond donors (Lipinski definition) is 2. The number of carbonyl (C=O) groups excluding carboxylic acids is 1. The summed E-state index contributed by atoms with van der Waals surface area (Å²) in [5.41, 5.74) is 3.18. The van der Waals surface area contributed by atoms with Gasteiger partial charge in [0, 0.05) is 32.0 Å². The smallest absolute Gasteiger partial charge is 0.271 e. The molecule has 6 nitrogen and oxygen atoms in total. The van der Waals surface area contributed by atoms with E-state index in [2.05, 4.69) is 20.8 Å². The summed E-state index contributed by atoms with van der Waals surface area (Å²) >= 11 is 0. The summed E-state index contributed by atoms with van der Waals surface area (Å²) in [7, 11) is 3.97. The average molecular weight is 379 g/mol. The predicted molar refractivity (Wildman–Crippen MR) is 109 cm³/mol. The molecule has 0 bridgehead atoms. The maximum absolute atomic E-state index is 12.9. The van der Waals surface area contributed by atoms with E-state index in [1.54, 1.807) is 24.3 Å². The standard InChI is InChI=1S/C21H22FN5O/c1-27(2)18-9-7-17(8-10-18)24-20-12-11-19(25-26-20)21(28)23-14-13-15-3-5-16(22)6-4-15/h3-12H,13-14H2,1-2H3,(H,23,28)(H,24,26). The minimum absolute atomic E-state index is 0.243. The highest BCUT2D eigenvalue weighted by molar-refractivity contribution is 5.92. The van der Waals surface area contributed by atoms with Crippen molar-refractivity contribution in [1.82, 2.24) is 15.5 Å². The molecule has 0 saturated heterocycles. The number of rotatable bonds is 7. The van der Waals surface area contributed by atoms with Crippen LogP contribution in [-0.4, -0.2) is 36.7 Å². The Bertz CT molecular complexity index is 909. The average Bonchev–Trinajstić information content (AvgIpc) is 2.70. The first-order valence-corrected chi connectivity index (χ1v) is 8.92. The zero-order valence-electron chi connectivity index (χ0n) is 15.8. The molecule has 3 aromatic rings. The van der Waals surface area contributed by atoms with Crippen molar-refractivity contribution in [2.75, 3.05) is 30.9 Å². The van der Waals surface area contributed by atoms with Crippen LogP contribution < -0.4 is 15.5 Å². The van der Waals surface area contributed by atoms with E-state index < -0.39 is 0 Å². The van der Waals surface area contributed by atoms with E-state index in [1.165, 1.54) is 12.1 Å². The van der Waals surface area contributed by atoms with Gasteiger partial charge < -0.3 is 15.5 Å². The Morgan fingerprint density at radius 2 is 1.68 bits per heavy atom. The molecule has 1 heterocycles. The van der Waals surface area contributed by atoms with Gasteiger partial charge in [-0.2, -0.15) is 0 Å². The van der Waals surface area contributed by atoms with E-state index in [9.17, 15) is 9.18 Å². The number of aromatic nitrogens is 2. The first-order valence-electron chi connectivity index (χ1n) is 8.92. The van der Waals surface area contributed by atoms with Gasteiger partial charge in [-0.05, 0) is 60.5 Å². The van der Waals surface area contributed by atoms with Crippen LogP contribution in [0.1, 0.15) is 16.1 Å².